The van der Waals surface area contributed by atoms with Gasteiger partial charge in [0.25, 0.3) is 10.0 Å². The van der Waals surface area contributed by atoms with Crippen molar-refractivity contribution >= 4 is 15.7 Å². The molecular formula is C20H29N3O4S. The molecule has 0 bridgehead atoms. The first-order chi connectivity index (χ1) is 13.2. The number of nitrogens with two attached hydrogens (primary N) is 2. The summed E-state index contributed by atoms with van der Waals surface area (Å²) in [5, 5.41) is 10.3. The highest BCUT2D eigenvalue weighted by Gasteiger charge is 2.28. The monoisotopic (exact) mass is 407 g/mol. The first kappa shape index (κ1) is 22.3. The zero-order valence-corrected chi connectivity index (χ0v) is 17.0. The quantitative estimate of drug-likeness (QED) is 0.408. The van der Waals surface area contributed by atoms with Gasteiger partial charge in [0.05, 0.1) is 17.6 Å². The van der Waals surface area contributed by atoms with Crippen molar-refractivity contribution in [2.75, 3.05) is 18.9 Å². The topological polar surface area (TPSA) is 119 Å². The van der Waals surface area contributed by atoms with Gasteiger partial charge in [0.15, 0.2) is 0 Å². The summed E-state index contributed by atoms with van der Waals surface area (Å²) in [7, 11) is -3.89. The van der Waals surface area contributed by atoms with Crippen molar-refractivity contribution in [1.29, 1.82) is 0 Å². The van der Waals surface area contributed by atoms with Gasteiger partial charge in [-0.25, -0.2) is 8.42 Å². The van der Waals surface area contributed by atoms with Crippen LogP contribution in [0.2, 0.25) is 0 Å². The van der Waals surface area contributed by atoms with Crippen LogP contribution in [0.3, 0.4) is 0 Å². The summed E-state index contributed by atoms with van der Waals surface area (Å²) in [6.45, 7) is 3.68. The number of sulfonamides is 1. The van der Waals surface area contributed by atoms with Crippen molar-refractivity contribution in [2.24, 2.45) is 11.7 Å². The fourth-order valence-electron chi connectivity index (χ4n) is 2.58. The number of anilines is 1. The molecule has 0 amide bonds. The second-order valence-corrected chi connectivity index (χ2v) is 9.00. The van der Waals surface area contributed by atoms with Gasteiger partial charge >= 0.3 is 0 Å². The van der Waals surface area contributed by atoms with E-state index in [2.05, 4.69) is 0 Å². The molecule has 5 N–H and O–H groups in total. The third kappa shape index (κ3) is 6.29. The van der Waals surface area contributed by atoms with Crippen molar-refractivity contribution in [1.82, 2.24) is 4.47 Å². The molecule has 0 aromatic heterocycles. The Morgan fingerprint density at radius 2 is 1.68 bits per heavy atom. The van der Waals surface area contributed by atoms with Gasteiger partial charge in [-0.15, -0.1) is 0 Å². The van der Waals surface area contributed by atoms with Crippen LogP contribution in [0.25, 0.3) is 0 Å². The SMILES string of the molecule is CC(C)CN(OC[C@H](O)[C@@H](N)Cc1ccccc1)S(=O)(=O)c1ccc(N)cc1. The number of hydrogen-bond donors (Lipinski definition) is 3. The lowest BCUT2D eigenvalue weighted by Crippen LogP contribution is -2.43. The van der Waals surface area contributed by atoms with Crippen molar-refractivity contribution in [3.05, 3.63) is 60.2 Å². The average molecular weight is 408 g/mol. The number of benzene rings is 2. The van der Waals surface area contributed by atoms with Crippen molar-refractivity contribution in [3.63, 3.8) is 0 Å². The van der Waals surface area contributed by atoms with E-state index in [4.69, 9.17) is 16.3 Å². The smallest absolute Gasteiger partial charge is 0.265 e. The maximum absolute atomic E-state index is 12.9. The van der Waals surface area contributed by atoms with Crippen LogP contribution in [0.15, 0.2) is 59.5 Å². The highest BCUT2D eigenvalue weighted by molar-refractivity contribution is 7.89. The molecule has 2 aromatic rings. The van der Waals surface area contributed by atoms with Crippen LogP contribution >= 0.6 is 0 Å². The number of rotatable bonds is 10. The first-order valence-corrected chi connectivity index (χ1v) is 10.6. The highest BCUT2D eigenvalue weighted by atomic mass is 32.2. The Hall–Kier alpha value is -1.97. The van der Waals surface area contributed by atoms with Crippen molar-refractivity contribution in [2.45, 2.75) is 37.3 Å². The molecule has 0 unspecified atom stereocenters. The zero-order valence-electron chi connectivity index (χ0n) is 16.2. The number of aliphatic hydroxyl groups is 1. The lowest BCUT2D eigenvalue weighted by molar-refractivity contribution is -0.122. The molecule has 8 heteroatoms. The van der Waals surface area contributed by atoms with Gasteiger partial charge in [-0.3, -0.25) is 4.84 Å². The van der Waals surface area contributed by atoms with E-state index in [1.165, 1.54) is 24.3 Å². The number of hydrogen-bond acceptors (Lipinski definition) is 6. The molecule has 154 valence electrons. The van der Waals surface area contributed by atoms with E-state index in [9.17, 15) is 13.5 Å². The number of nitrogen functional groups attached to an aromatic ring is 1. The van der Waals surface area contributed by atoms with Crippen molar-refractivity contribution in [3.8, 4) is 0 Å². The average Bonchev–Trinajstić information content (AvgIpc) is 2.65. The van der Waals surface area contributed by atoms with Crippen LogP contribution in [0.4, 0.5) is 5.69 Å². The minimum Gasteiger partial charge on any atom is -0.399 e. The predicted molar refractivity (Wildman–Crippen MR) is 110 cm³/mol. The lowest BCUT2D eigenvalue weighted by atomic mass is 10.0. The maximum Gasteiger partial charge on any atom is 0.265 e. The molecule has 7 nitrogen and oxygen atoms in total. The molecule has 0 spiro atoms. The van der Waals surface area contributed by atoms with E-state index in [1.54, 1.807) is 0 Å². The van der Waals surface area contributed by atoms with E-state index >= 15 is 0 Å². The summed E-state index contributed by atoms with van der Waals surface area (Å²) >= 11 is 0. The Morgan fingerprint density at radius 1 is 1.07 bits per heavy atom. The summed E-state index contributed by atoms with van der Waals surface area (Å²) in [5.74, 6) is 0.0266. The molecule has 2 aromatic carbocycles. The fourth-order valence-corrected chi connectivity index (χ4v) is 3.99. The van der Waals surface area contributed by atoms with E-state index in [0.29, 0.717) is 12.1 Å². The Balaban J connectivity index is 2.06. The first-order valence-electron chi connectivity index (χ1n) is 9.19. The molecule has 2 rings (SSSR count). The van der Waals surface area contributed by atoms with Gasteiger partial charge in [0.2, 0.25) is 0 Å². The fraction of sp³-hybridized carbons (Fsp3) is 0.400. The van der Waals surface area contributed by atoms with E-state index in [1.807, 2.05) is 44.2 Å². The van der Waals surface area contributed by atoms with Gasteiger partial charge in [-0.1, -0.05) is 48.6 Å². The molecule has 0 fully saturated rings. The highest BCUT2D eigenvalue weighted by Crippen LogP contribution is 2.19. The number of nitrogens with zero attached hydrogens (tertiary/aromatic N) is 1. The summed E-state index contributed by atoms with van der Waals surface area (Å²) in [6, 6.07) is 14.9. The molecular weight excluding hydrogens is 378 g/mol. The van der Waals surface area contributed by atoms with Crippen LogP contribution < -0.4 is 11.5 Å². The molecule has 0 aliphatic carbocycles. The van der Waals surface area contributed by atoms with E-state index < -0.39 is 22.2 Å². The molecule has 0 radical (unpaired) electrons. The van der Waals surface area contributed by atoms with Crippen LogP contribution in [0.1, 0.15) is 19.4 Å². The summed E-state index contributed by atoms with van der Waals surface area (Å²) in [5.41, 5.74) is 13.2. The normalized spacial score (nSPS) is 14.4. The minimum atomic E-state index is -3.89. The van der Waals surface area contributed by atoms with Crippen LogP contribution in [0, 0.1) is 5.92 Å². The number of hydroxylamine groups is 1. The third-order valence-corrected chi connectivity index (χ3v) is 5.82. The molecule has 0 aliphatic rings. The number of aliphatic hydroxyl groups excluding tert-OH is 1. The molecule has 28 heavy (non-hydrogen) atoms. The largest absolute Gasteiger partial charge is 0.399 e. The summed E-state index contributed by atoms with van der Waals surface area (Å²) in [6.07, 6.45) is -0.559. The predicted octanol–water partition coefficient (Wildman–Crippen LogP) is 1.78. The van der Waals surface area contributed by atoms with E-state index in [0.717, 1.165) is 10.0 Å². The lowest BCUT2D eigenvalue weighted by Gasteiger charge is -2.26. The Bertz CT molecular complexity index is 826. The van der Waals surface area contributed by atoms with E-state index in [-0.39, 0.29) is 24.0 Å². The molecule has 0 saturated heterocycles. The van der Waals surface area contributed by atoms with Crippen LogP contribution in [-0.2, 0) is 21.3 Å². The van der Waals surface area contributed by atoms with Crippen LogP contribution in [-0.4, -0.2) is 43.3 Å². The second kappa shape index (κ2) is 9.99. The molecule has 0 heterocycles. The van der Waals surface area contributed by atoms with Gasteiger partial charge in [0, 0.05) is 18.3 Å². The molecule has 0 saturated carbocycles. The van der Waals surface area contributed by atoms with Crippen molar-refractivity contribution < 1.29 is 18.4 Å². The summed E-state index contributed by atoms with van der Waals surface area (Å²) in [4.78, 5) is 5.58. The van der Waals surface area contributed by atoms with Gasteiger partial charge in [-0.2, -0.15) is 0 Å². The summed E-state index contributed by atoms with van der Waals surface area (Å²) < 4.78 is 26.7. The molecule has 2 atom stereocenters. The van der Waals surface area contributed by atoms with Gasteiger partial charge < -0.3 is 16.6 Å². The second-order valence-electron chi connectivity index (χ2n) is 7.17. The zero-order chi connectivity index (χ0) is 20.7. The Morgan fingerprint density at radius 3 is 2.25 bits per heavy atom. The Kier molecular flexibility index (Phi) is 7.97. The van der Waals surface area contributed by atoms with Crippen LogP contribution in [0.5, 0.6) is 0 Å². The maximum atomic E-state index is 12.9. The minimum absolute atomic E-state index is 0.0266. The molecule has 0 aliphatic heterocycles. The van der Waals surface area contributed by atoms with Gasteiger partial charge in [-0.05, 0) is 42.2 Å². The Labute approximate surface area is 166 Å². The third-order valence-electron chi connectivity index (χ3n) is 4.16. The van der Waals surface area contributed by atoms with Gasteiger partial charge in [0.1, 0.15) is 0 Å². The standard InChI is InChI=1S/C20H29N3O4S/c1-15(2)13-23(28(25,26)18-10-8-17(21)9-11-18)27-14-20(24)19(22)12-16-6-4-3-5-7-16/h3-11,15,19-20,24H,12-14,21-22H2,1-2H3/t19-,20-/m0/s1.